The number of benzene rings is 1. The van der Waals surface area contributed by atoms with Gasteiger partial charge in [0.05, 0.1) is 5.75 Å². The first-order valence-electron chi connectivity index (χ1n) is 9.34. The van der Waals surface area contributed by atoms with E-state index in [0.29, 0.717) is 12.3 Å². The Labute approximate surface area is 177 Å². The van der Waals surface area contributed by atoms with Crippen LogP contribution in [0.3, 0.4) is 0 Å². The molecule has 0 saturated carbocycles. The lowest BCUT2D eigenvalue weighted by atomic mass is 9.98. The Bertz CT molecular complexity index is 824. The Hall–Kier alpha value is -2.00. The van der Waals surface area contributed by atoms with E-state index in [9.17, 15) is 4.79 Å². The van der Waals surface area contributed by atoms with Crippen molar-refractivity contribution in [2.45, 2.75) is 25.7 Å². The Morgan fingerprint density at radius 1 is 1.21 bits per heavy atom. The van der Waals surface area contributed by atoms with Gasteiger partial charge < -0.3 is 10.6 Å². The zero-order valence-corrected chi connectivity index (χ0v) is 18.4. The molecule has 3 nitrogen and oxygen atoms in total. The monoisotopic (exact) mass is 412 g/mol. The minimum absolute atomic E-state index is 0.0330. The van der Waals surface area contributed by atoms with E-state index in [2.05, 4.69) is 72.2 Å². The molecule has 0 radical (unpaired) electrons. The summed E-state index contributed by atoms with van der Waals surface area (Å²) >= 11 is 3.25. The number of thiophene rings is 1. The van der Waals surface area contributed by atoms with Gasteiger partial charge in [0.15, 0.2) is 0 Å². The Balaban J connectivity index is 1.60. The molecule has 148 valence electrons. The summed E-state index contributed by atoms with van der Waals surface area (Å²) in [5.41, 5.74) is 2.45. The molecule has 0 fully saturated rings. The van der Waals surface area contributed by atoms with Crippen molar-refractivity contribution in [2.24, 2.45) is 5.41 Å². The van der Waals surface area contributed by atoms with Gasteiger partial charge in [0.1, 0.15) is 0 Å². The van der Waals surface area contributed by atoms with Crippen molar-refractivity contribution in [3.8, 4) is 23.0 Å². The van der Waals surface area contributed by atoms with Crippen LogP contribution in [0.2, 0.25) is 0 Å². The number of nitrogens with one attached hydrogen (secondary N) is 2. The molecule has 5 heteroatoms. The van der Waals surface area contributed by atoms with Gasteiger partial charge >= 0.3 is 0 Å². The van der Waals surface area contributed by atoms with Crippen LogP contribution in [0, 0.1) is 17.3 Å². The molecular weight excluding hydrogens is 384 g/mol. The second-order valence-electron chi connectivity index (χ2n) is 7.30. The number of allylic oxidation sites excluding steroid dienone is 1. The van der Waals surface area contributed by atoms with E-state index in [1.54, 1.807) is 23.1 Å². The van der Waals surface area contributed by atoms with Crippen LogP contribution in [0.1, 0.15) is 20.8 Å². The zero-order chi connectivity index (χ0) is 20.2. The van der Waals surface area contributed by atoms with Crippen molar-refractivity contribution in [3.05, 3.63) is 53.2 Å². The fourth-order valence-electron chi connectivity index (χ4n) is 2.25. The number of amides is 1. The SMILES string of the molecule is CC(C)(C)C#C/C=C/CNCCNC(=O)CSc1cccc(-c2ccsc2)c1. The number of rotatable bonds is 9. The molecule has 0 aliphatic heterocycles. The molecule has 0 aliphatic carbocycles. The summed E-state index contributed by atoms with van der Waals surface area (Å²) in [4.78, 5) is 13.1. The number of hydrogen-bond acceptors (Lipinski definition) is 4. The van der Waals surface area contributed by atoms with E-state index in [1.807, 2.05) is 24.3 Å². The molecule has 1 aromatic carbocycles. The summed E-state index contributed by atoms with van der Waals surface area (Å²) in [7, 11) is 0. The van der Waals surface area contributed by atoms with Crippen LogP contribution in [0.5, 0.6) is 0 Å². The van der Waals surface area contributed by atoms with Crippen LogP contribution in [0.15, 0.2) is 58.1 Å². The highest BCUT2D eigenvalue weighted by Crippen LogP contribution is 2.27. The first-order chi connectivity index (χ1) is 13.4. The fourth-order valence-corrected chi connectivity index (χ4v) is 3.70. The second-order valence-corrected chi connectivity index (χ2v) is 9.13. The second kappa shape index (κ2) is 11.8. The fraction of sp³-hybridized carbons (Fsp3) is 0.348. The van der Waals surface area contributed by atoms with E-state index >= 15 is 0 Å². The molecule has 1 heterocycles. The first-order valence-corrected chi connectivity index (χ1v) is 11.3. The summed E-state index contributed by atoms with van der Waals surface area (Å²) in [6.07, 6.45) is 3.87. The summed E-state index contributed by atoms with van der Waals surface area (Å²) in [6, 6.07) is 10.4. The van der Waals surface area contributed by atoms with Gasteiger partial charge in [0.2, 0.25) is 5.91 Å². The van der Waals surface area contributed by atoms with Gasteiger partial charge in [-0.3, -0.25) is 4.79 Å². The lowest BCUT2D eigenvalue weighted by Gasteiger charge is -2.07. The van der Waals surface area contributed by atoms with Crippen LogP contribution in [0.4, 0.5) is 0 Å². The number of hydrogen-bond donors (Lipinski definition) is 2. The van der Waals surface area contributed by atoms with Crippen molar-refractivity contribution in [1.82, 2.24) is 10.6 Å². The maximum absolute atomic E-state index is 12.0. The van der Waals surface area contributed by atoms with Crippen molar-refractivity contribution in [3.63, 3.8) is 0 Å². The Morgan fingerprint density at radius 2 is 2.07 bits per heavy atom. The number of thioether (sulfide) groups is 1. The summed E-state index contributed by atoms with van der Waals surface area (Å²) in [6.45, 7) is 8.38. The molecule has 2 rings (SSSR count). The minimum atomic E-state index is 0.0330. The van der Waals surface area contributed by atoms with E-state index in [0.717, 1.165) is 18.0 Å². The summed E-state index contributed by atoms with van der Waals surface area (Å²) < 4.78 is 0. The summed E-state index contributed by atoms with van der Waals surface area (Å²) in [5, 5.41) is 10.4. The highest BCUT2D eigenvalue weighted by atomic mass is 32.2. The molecule has 1 amide bonds. The maximum Gasteiger partial charge on any atom is 0.230 e. The lowest BCUT2D eigenvalue weighted by molar-refractivity contribution is -0.118. The van der Waals surface area contributed by atoms with Crippen LogP contribution in [-0.2, 0) is 4.79 Å². The average Bonchev–Trinajstić information content (AvgIpc) is 3.19. The third-order valence-electron chi connectivity index (χ3n) is 3.59. The van der Waals surface area contributed by atoms with Crippen LogP contribution in [-0.4, -0.2) is 31.3 Å². The van der Waals surface area contributed by atoms with Crippen molar-refractivity contribution in [2.75, 3.05) is 25.4 Å². The molecule has 28 heavy (non-hydrogen) atoms. The highest BCUT2D eigenvalue weighted by molar-refractivity contribution is 8.00. The van der Waals surface area contributed by atoms with Crippen LogP contribution in [0.25, 0.3) is 11.1 Å². The molecule has 2 N–H and O–H groups in total. The van der Waals surface area contributed by atoms with Crippen molar-refractivity contribution in [1.29, 1.82) is 0 Å². The van der Waals surface area contributed by atoms with Gasteiger partial charge in [-0.25, -0.2) is 0 Å². The highest BCUT2D eigenvalue weighted by Gasteiger charge is 2.04. The Morgan fingerprint density at radius 3 is 2.82 bits per heavy atom. The van der Waals surface area contributed by atoms with E-state index in [4.69, 9.17) is 0 Å². The average molecular weight is 413 g/mol. The van der Waals surface area contributed by atoms with Gasteiger partial charge in [-0.05, 0) is 66.9 Å². The number of carbonyl (C=O) groups excluding carboxylic acids is 1. The van der Waals surface area contributed by atoms with Crippen LogP contribution >= 0.6 is 23.1 Å². The predicted molar refractivity (Wildman–Crippen MR) is 123 cm³/mol. The van der Waals surface area contributed by atoms with Gasteiger partial charge in [0.25, 0.3) is 0 Å². The first kappa shape index (κ1) is 22.3. The maximum atomic E-state index is 12.0. The van der Waals surface area contributed by atoms with Crippen molar-refractivity contribution >= 4 is 29.0 Å². The van der Waals surface area contributed by atoms with Gasteiger partial charge in [0, 0.05) is 29.9 Å². The molecule has 0 saturated heterocycles. The molecule has 0 aliphatic rings. The standard InChI is InChI=1S/C23H28N2OS2/c1-23(2,3)11-5-4-6-12-24-13-14-25-22(26)18-28-21-9-7-8-19(16-21)20-10-15-27-17-20/h4,6-10,15-17,24H,12-14,18H2,1-3H3,(H,25,26)/b6-4+. The van der Waals surface area contributed by atoms with E-state index in [1.165, 1.54) is 11.1 Å². The quantitative estimate of drug-likeness (QED) is 0.352. The smallest absolute Gasteiger partial charge is 0.230 e. The normalized spacial score (nSPS) is 11.2. The zero-order valence-electron chi connectivity index (χ0n) is 16.7. The molecule has 0 atom stereocenters. The topological polar surface area (TPSA) is 41.1 Å². The third-order valence-corrected chi connectivity index (χ3v) is 5.27. The minimum Gasteiger partial charge on any atom is -0.354 e. The Kier molecular flexibility index (Phi) is 9.36. The third kappa shape index (κ3) is 9.27. The largest absolute Gasteiger partial charge is 0.354 e. The molecule has 0 unspecified atom stereocenters. The molecule has 2 aromatic rings. The lowest BCUT2D eigenvalue weighted by Crippen LogP contribution is -2.32. The summed E-state index contributed by atoms with van der Waals surface area (Å²) in [5.74, 6) is 6.67. The number of carbonyl (C=O) groups is 1. The molecular formula is C23H28N2OS2. The van der Waals surface area contributed by atoms with E-state index < -0.39 is 0 Å². The van der Waals surface area contributed by atoms with E-state index in [-0.39, 0.29) is 11.3 Å². The molecule has 1 aromatic heterocycles. The molecule has 0 spiro atoms. The van der Waals surface area contributed by atoms with Crippen molar-refractivity contribution < 1.29 is 4.79 Å². The van der Waals surface area contributed by atoms with Gasteiger partial charge in [-0.1, -0.05) is 30.0 Å². The van der Waals surface area contributed by atoms with Gasteiger partial charge in [-0.15, -0.1) is 11.8 Å². The predicted octanol–water partition coefficient (Wildman–Crippen LogP) is 4.82. The van der Waals surface area contributed by atoms with Gasteiger partial charge in [-0.2, -0.15) is 11.3 Å². The van der Waals surface area contributed by atoms with Crippen LogP contribution < -0.4 is 10.6 Å². The molecule has 0 bridgehead atoms.